The summed E-state index contributed by atoms with van der Waals surface area (Å²) in [5, 5.41) is 0. The van der Waals surface area contributed by atoms with E-state index in [4.69, 9.17) is 4.74 Å². The van der Waals surface area contributed by atoms with Gasteiger partial charge in [-0.3, -0.25) is 9.59 Å². The summed E-state index contributed by atoms with van der Waals surface area (Å²) in [6.07, 6.45) is 3.19. The second-order valence-corrected chi connectivity index (χ2v) is 5.62. The Kier molecular flexibility index (Phi) is 5.78. The minimum absolute atomic E-state index is 0.162. The first kappa shape index (κ1) is 15.5. The number of likely N-dealkylation sites (tertiary alicyclic amines) is 1. The van der Waals surface area contributed by atoms with Gasteiger partial charge >= 0.3 is 5.97 Å². The lowest BCUT2D eigenvalue weighted by Gasteiger charge is -2.16. The number of carbonyl (C=O) groups excluding carboxylic acids is 2. The second kappa shape index (κ2) is 7.81. The normalized spacial score (nSPS) is 15.8. The number of benzene rings is 1. The number of carbonyl (C=O) groups is 2. The molecular weight excluding hydrogens is 266 g/mol. The Bertz CT molecular complexity index is 466. The van der Waals surface area contributed by atoms with Gasteiger partial charge in [-0.05, 0) is 24.8 Å². The predicted octanol–water partition coefficient (Wildman–Crippen LogP) is 2.77. The molecule has 1 aliphatic rings. The summed E-state index contributed by atoms with van der Waals surface area (Å²) in [6.45, 7) is 3.85. The highest BCUT2D eigenvalue weighted by Crippen LogP contribution is 2.14. The minimum atomic E-state index is -0.236. The van der Waals surface area contributed by atoms with Gasteiger partial charge in [0.2, 0.25) is 5.91 Å². The molecule has 21 heavy (non-hydrogen) atoms. The van der Waals surface area contributed by atoms with Crippen molar-refractivity contribution in [3.8, 4) is 0 Å². The van der Waals surface area contributed by atoms with E-state index in [-0.39, 0.29) is 17.8 Å². The maximum absolute atomic E-state index is 11.9. The summed E-state index contributed by atoms with van der Waals surface area (Å²) in [5.41, 5.74) is 0.978. The van der Waals surface area contributed by atoms with Gasteiger partial charge in [-0.25, -0.2) is 0 Å². The summed E-state index contributed by atoms with van der Waals surface area (Å²) in [4.78, 5) is 25.7. The van der Waals surface area contributed by atoms with Gasteiger partial charge in [0.05, 0.1) is 5.92 Å². The average Bonchev–Trinajstić information content (AvgIpc) is 3.05. The van der Waals surface area contributed by atoms with Gasteiger partial charge < -0.3 is 9.64 Å². The van der Waals surface area contributed by atoms with E-state index in [2.05, 4.69) is 0 Å². The van der Waals surface area contributed by atoms with E-state index in [1.54, 1.807) is 0 Å². The van der Waals surface area contributed by atoms with E-state index in [1.807, 2.05) is 42.2 Å². The van der Waals surface area contributed by atoms with Gasteiger partial charge in [0.15, 0.2) is 0 Å². The summed E-state index contributed by atoms with van der Waals surface area (Å²) >= 11 is 0. The highest BCUT2D eigenvalue weighted by atomic mass is 16.5. The lowest BCUT2D eigenvalue weighted by atomic mass is 10.1. The molecule has 0 aromatic heterocycles. The quantitative estimate of drug-likeness (QED) is 0.757. The van der Waals surface area contributed by atoms with Crippen LogP contribution in [-0.2, 0) is 20.9 Å². The highest BCUT2D eigenvalue weighted by molar-refractivity contribution is 5.78. The summed E-state index contributed by atoms with van der Waals surface area (Å²) < 4.78 is 5.28. The van der Waals surface area contributed by atoms with Crippen molar-refractivity contribution in [2.24, 2.45) is 5.92 Å². The van der Waals surface area contributed by atoms with Crippen LogP contribution in [0.4, 0.5) is 0 Å². The second-order valence-electron chi connectivity index (χ2n) is 5.62. The fourth-order valence-corrected chi connectivity index (χ4v) is 2.45. The van der Waals surface area contributed by atoms with Gasteiger partial charge in [0, 0.05) is 19.5 Å². The van der Waals surface area contributed by atoms with E-state index in [1.165, 1.54) is 0 Å². The van der Waals surface area contributed by atoms with Crippen LogP contribution < -0.4 is 0 Å². The number of hydrogen-bond donors (Lipinski definition) is 0. The monoisotopic (exact) mass is 289 g/mol. The molecule has 0 aliphatic carbocycles. The Labute approximate surface area is 126 Å². The standard InChI is InChI=1S/C17H23NO3/c1-14(9-10-16(19)18-11-5-6-12-18)17(20)21-13-15-7-3-2-4-8-15/h2-4,7-8,14H,5-6,9-13H2,1H3/t14-/m1/s1. The van der Waals surface area contributed by atoms with Crippen LogP contribution in [0.3, 0.4) is 0 Å². The zero-order valence-electron chi connectivity index (χ0n) is 12.6. The maximum atomic E-state index is 11.9. The van der Waals surface area contributed by atoms with Crippen LogP contribution in [0.1, 0.15) is 38.2 Å². The molecule has 1 atom stereocenters. The topological polar surface area (TPSA) is 46.6 Å². The molecule has 1 aromatic rings. The molecule has 0 N–H and O–H groups in total. The van der Waals surface area contributed by atoms with Gasteiger partial charge in [0.1, 0.15) is 6.61 Å². The first-order chi connectivity index (χ1) is 10.2. The zero-order valence-corrected chi connectivity index (χ0v) is 12.6. The number of esters is 1. The number of nitrogens with zero attached hydrogens (tertiary/aromatic N) is 1. The number of hydrogen-bond acceptors (Lipinski definition) is 3. The van der Waals surface area contributed by atoms with Crippen LogP contribution >= 0.6 is 0 Å². The van der Waals surface area contributed by atoms with Crippen molar-refractivity contribution in [1.82, 2.24) is 4.90 Å². The predicted molar refractivity (Wildman–Crippen MR) is 80.5 cm³/mol. The first-order valence-electron chi connectivity index (χ1n) is 7.65. The van der Waals surface area contributed by atoms with Gasteiger partial charge in [-0.2, -0.15) is 0 Å². The SMILES string of the molecule is C[C@H](CCC(=O)N1CCCC1)C(=O)OCc1ccccc1. The minimum Gasteiger partial charge on any atom is -0.461 e. The lowest BCUT2D eigenvalue weighted by Crippen LogP contribution is -2.28. The van der Waals surface area contributed by atoms with Crippen molar-refractivity contribution in [1.29, 1.82) is 0 Å². The molecular formula is C17H23NO3. The summed E-state index contributed by atoms with van der Waals surface area (Å²) in [5.74, 6) is -0.302. The molecule has 0 unspecified atom stereocenters. The van der Waals surface area contributed by atoms with Gasteiger partial charge in [-0.1, -0.05) is 37.3 Å². The third-order valence-electron chi connectivity index (χ3n) is 3.88. The van der Waals surface area contributed by atoms with Crippen LogP contribution in [-0.4, -0.2) is 29.9 Å². The van der Waals surface area contributed by atoms with Crippen molar-refractivity contribution >= 4 is 11.9 Å². The molecule has 0 spiro atoms. The summed E-state index contributed by atoms with van der Waals surface area (Å²) in [7, 11) is 0. The van der Waals surface area contributed by atoms with Crippen molar-refractivity contribution in [3.05, 3.63) is 35.9 Å². The molecule has 1 amide bonds. The molecule has 4 heteroatoms. The molecule has 1 fully saturated rings. The van der Waals surface area contributed by atoms with E-state index < -0.39 is 0 Å². The molecule has 1 aromatic carbocycles. The largest absolute Gasteiger partial charge is 0.461 e. The molecule has 0 radical (unpaired) electrons. The molecule has 1 saturated heterocycles. The Balaban J connectivity index is 1.68. The van der Waals surface area contributed by atoms with Crippen molar-refractivity contribution in [2.45, 2.75) is 39.2 Å². The molecule has 2 rings (SSSR count). The molecule has 0 saturated carbocycles. The van der Waals surface area contributed by atoms with Crippen LogP contribution in [0.15, 0.2) is 30.3 Å². The zero-order chi connectivity index (χ0) is 15.1. The highest BCUT2D eigenvalue weighted by Gasteiger charge is 2.21. The Morgan fingerprint density at radius 3 is 2.52 bits per heavy atom. The number of rotatable bonds is 6. The molecule has 114 valence electrons. The molecule has 0 bridgehead atoms. The van der Waals surface area contributed by atoms with Crippen molar-refractivity contribution in [3.63, 3.8) is 0 Å². The van der Waals surface area contributed by atoms with E-state index >= 15 is 0 Å². The molecule has 1 aliphatic heterocycles. The van der Waals surface area contributed by atoms with Crippen LogP contribution in [0.25, 0.3) is 0 Å². The molecule has 1 heterocycles. The van der Waals surface area contributed by atoms with Crippen LogP contribution in [0.5, 0.6) is 0 Å². The van der Waals surface area contributed by atoms with Gasteiger partial charge in [-0.15, -0.1) is 0 Å². The first-order valence-corrected chi connectivity index (χ1v) is 7.65. The molecule has 4 nitrogen and oxygen atoms in total. The fourth-order valence-electron chi connectivity index (χ4n) is 2.45. The van der Waals surface area contributed by atoms with E-state index in [9.17, 15) is 9.59 Å². The fraction of sp³-hybridized carbons (Fsp3) is 0.529. The van der Waals surface area contributed by atoms with Crippen molar-refractivity contribution < 1.29 is 14.3 Å². The smallest absolute Gasteiger partial charge is 0.308 e. The number of amides is 1. The Hall–Kier alpha value is -1.84. The Morgan fingerprint density at radius 1 is 1.19 bits per heavy atom. The Morgan fingerprint density at radius 2 is 1.86 bits per heavy atom. The van der Waals surface area contributed by atoms with Gasteiger partial charge in [0.25, 0.3) is 0 Å². The van der Waals surface area contributed by atoms with Crippen LogP contribution in [0, 0.1) is 5.92 Å². The van der Waals surface area contributed by atoms with Crippen LogP contribution in [0.2, 0.25) is 0 Å². The third-order valence-corrected chi connectivity index (χ3v) is 3.88. The number of ether oxygens (including phenoxy) is 1. The average molecular weight is 289 g/mol. The maximum Gasteiger partial charge on any atom is 0.308 e. The lowest BCUT2D eigenvalue weighted by molar-refractivity contribution is -0.149. The third kappa shape index (κ3) is 4.88. The summed E-state index contributed by atoms with van der Waals surface area (Å²) in [6, 6.07) is 9.62. The van der Waals surface area contributed by atoms with E-state index in [0.29, 0.717) is 19.4 Å². The van der Waals surface area contributed by atoms with E-state index in [0.717, 1.165) is 31.5 Å². The van der Waals surface area contributed by atoms with Crippen molar-refractivity contribution in [2.75, 3.05) is 13.1 Å².